The number of anilines is 1. The third kappa shape index (κ3) is 1.97. The first kappa shape index (κ1) is 11.5. The lowest BCUT2D eigenvalue weighted by molar-refractivity contribution is -0.254. The van der Waals surface area contributed by atoms with E-state index in [-0.39, 0.29) is 10.6 Å². The molecule has 0 saturated carbocycles. The Morgan fingerprint density at radius 1 is 1.35 bits per heavy atom. The third-order valence-electron chi connectivity index (χ3n) is 2.41. The van der Waals surface area contributed by atoms with Crippen molar-refractivity contribution in [3.8, 4) is 16.9 Å². The molecule has 0 radical (unpaired) electrons. The van der Waals surface area contributed by atoms with E-state index in [1.165, 1.54) is 0 Å². The molecule has 0 spiro atoms. The van der Waals surface area contributed by atoms with Crippen molar-refractivity contribution in [1.29, 1.82) is 0 Å². The SMILES string of the molecule is COc1ccccc1-c1csc(C(=O)[O-])c1N. The molecule has 0 unspecified atom stereocenters. The highest BCUT2D eigenvalue weighted by Gasteiger charge is 2.13. The zero-order chi connectivity index (χ0) is 12.4. The van der Waals surface area contributed by atoms with Crippen molar-refractivity contribution in [2.24, 2.45) is 0 Å². The van der Waals surface area contributed by atoms with Crippen LogP contribution in [0, 0.1) is 0 Å². The van der Waals surface area contributed by atoms with Gasteiger partial charge in [-0.15, -0.1) is 11.3 Å². The highest BCUT2D eigenvalue weighted by Crippen LogP contribution is 2.38. The van der Waals surface area contributed by atoms with Gasteiger partial charge in [0.05, 0.1) is 23.6 Å². The van der Waals surface area contributed by atoms with Gasteiger partial charge in [0.15, 0.2) is 0 Å². The molecule has 17 heavy (non-hydrogen) atoms. The normalized spacial score (nSPS) is 10.2. The first-order valence-electron chi connectivity index (χ1n) is 4.87. The number of hydrogen-bond donors (Lipinski definition) is 1. The van der Waals surface area contributed by atoms with Crippen molar-refractivity contribution in [3.63, 3.8) is 0 Å². The molecule has 5 heteroatoms. The average molecular weight is 248 g/mol. The van der Waals surface area contributed by atoms with E-state index in [4.69, 9.17) is 10.5 Å². The number of aromatic carboxylic acids is 1. The Kier molecular flexibility index (Phi) is 3.01. The highest BCUT2D eigenvalue weighted by molar-refractivity contribution is 7.13. The van der Waals surface area contributed by atoms with Crippen molar-refractivity contribution in [1.82, 2.24) is 0 Å². The molecular formula is C12H10NO3S-. The van der Waals surface area contributed by atoms with Gasteiger partial charge in [-0.2, -0.15) is 0 Å². The predicted molar refractivity (Wildman–Crippen MR) is 65.0 cm³/mol. The third-order valence-corrected chi connectivity index (χ3v) is 3.39. The number of thiophene rings is 1. The number of para-hydroxylation sites is 1. The number of methoxy groups -OCH3 is 1. The lowest BCUT2D eigenvalue weighted by atomic mass is 10.1. The summed E-state index contributed by atoms with van der Waals surface area (Å²) in [7, 11) is 1.56. The summed E-state index contributed by atoms with van der Waals surface area (Å²) in [6, 6.07) is 7.31. The van der Waals surface area contributed by atoms with Crippen LogP contribution in [0.1, 0.15) is 9.67 Å². The molecule has 0 bridgehead atoms. The summed E-state index contributed by atoms with van der Waals surface area (Å²) < 4.78 is 5.21. The minimum atomic E-state index is -1.26. The minimum absolute atomic E-state index is 0.0471. The number of nitrogens with two attached hydrogens (primary N) is 1. The van der Waals surface area contributed by atoms with Crippen LogP contribution in [0.3, 0.4) is 0 Å². The number of rotatable bonds is 3. The summed E-state index contributed by atoms with van der Waals surface area (Å²) in [5, 5.41) is 12.5. The smallest absolute Gasteiger partial charge is 0.126 e. The Balaban J connectivity index is 2.57. The van der Waals surface area contributed by atoms with Gasteiger partial charge in [0.2, 0.25) is 0 Å². The van der Waals surface area contributed by atoms with E-state index in [0.29, 0.717) is 11.3 Å². The zero-order valence-corrected chi connectivity index (χ0v) is 9.91. The zero-order valence-electron chi connectivity index (χ0n) is 9.10. The molecule has 0 aliphatic carbocycles. The van der Waals surface area contributed by atoms with E-state index in [1.54, 1.807) is 18.6 Å². The Morgan fingerprint density at radius 2 is 2.06 bits per heavy atom. The first-order chi connectivity index (χ1) is 8.15. The Morgan fingerprint density at radius 3 is 2.65 bits per heavy atom. The van der Waals surface area contributed by atoms with Crippen LogP contribution < -0.4 is 15.6 Å². The minimum Gasteiger partial charge on any atom is -0.544 e. The monoisotopic (exact) mass is 248 g/mol. The number of carboxylic acid groups (broad SMARTS) is 1. The standard InChI is InChI=1S/C12H11NO3S/c1-16-9-5-3-2-4-7(9)8-6-17-11(10(8)13)12(14)15/h2-6H,13H2,1H3,(H,14,15)/p-1. The van der Waals surface area contributed by atoms with Gasteiger partial charge >= 0.3 is 0 Å². The molecule has 0 amide bonds. The van der Waals surface area contributed by atoms with E-state index in [2.05, 4.69) is 0 Å². The maximum absolute atomic E-state index is 10.8. The number of nitrogen functional groups attached to an aromatic ring is 1. The fraction of sp³-hybridized carbons (Fsp3) is 0.0833. The molecule has 1 aromatic heterocycles. The fourth-order valence-corrected chi connectivity index (χ4v) is 2.42. The van der Waals surface area contributed by atoms with E-state index in [0.717, 1.165) is 16.9 Å². The van der Waals surface area contributed by atoms with Crippen LogP contribution in [0.4, 0.5) is 5.69 Å². The molecule has 2 N–H and O–H groups in total. The Hall–Kier alpha value is -2.01. The Labute approximate surface area is 102 Å². The van der Waals surface area contributed by atoms with Crippen molar-refractivity contribution in [3.05, 3.63) is 34.5 Å². The van der Waals surface area contributed by atoms with E-state index < -0.39 is 5.97 Å². The lowest BCUT2D eigenvalue weighted by Gasteiger charge is -2.08. The van der Waals surface area contributed by atoms with Crippen molar-refractivity contribution in [2.45, 2.75) is 0 Å². The van der Waals surface area contributed by atoms with E-state index in [9.17, 15) is 9.90 Å². The number of carbonyl (C=O) groups excluding carboxylic acids is 1. The highest BCUT2D eigenvalue weighted by atomic mass is 32.1. The molecule has 88 valence electrons. The quantitative estimate of drug-likeness (QED) is 0.890. The molecule has 0 atom stereocenters. The maximum Gasteiger partial charge on any atom is 0.126 e. The summed E-state index contributed by atoms with van der Waals surface area (Å²) in [5.41, 5.74) is 7.45. The van der Waals surface area contributed by atoms with Crippen LogP contribution in [0.25, 0.3) is 11.1 Å². The number of carbonyl (C=O) groups is 1. The summed E-state index contributed by atoms with van der Waals surface area (Å²) in [5.74, 6) is -0.601. The van der Waals surface area contributed by atoms with Crippen molar-refractivity contribution < 1.29 is 14.6 Å². The second-order valence-electron chi connectivity index (χ2n) is 3.38. The molecule has 4 nitrogen and oxygen atoms in total. The molecular weight excluding hydrogens is 238 g/mol. The van der Waals surface area contributed by atoms with Crippen LogP contribution in [-0.4, -0.2) is 13.1 Å². The topological polar surface area (TPSA) is 75.4 Å². The molecule has 1 heterocycles. The van der Waals surface area contributed by atoms with Gasteiger partial charge in [0, 0.05) is 16.5 Å². The molecule has 0 aliphatic heterocycles. The summed E-state index contributed by atoms with van der Waals surface area (Å²) in [4.78, 5) is 10.9. The number of carboxylic acids is 1. The predicted octanol–water partition coefficient (Wildman–Crippen LogP) is 1.37. The first-order valence-corrected chi connectivity index (χ1v) is 5.74. The van der Waals surface area contributed by atoms with Gasteiger partial charge in [0.1, 0.15) is 5.75 Å². The van der Waals surface area contributed by atoms with Crippen molar-refractivity contribution >= 4 is 23.0 Å². The van der Waals surface area contributed by atoms with Crippen molar-refractivity contribution in [2.75, 3.05) is 12.8 Å². The fourth-order valence-electron chi connectivity index (χ4n) is 1.60. The average Bonchev–Trinajstić information content (AvgIpc) is 2.71. The molecule has 0 aliphatic rings. The van der Waals surface area contributed by atoms with Gasteiger partial charge in [-0.05, 0) is 6.07 Å². The molecule has 0 fully saturated rings. The number of ether oxygens (including phenoxy) is 1. The second-order valence-corrected chi connectivity index (χ2v) is 4.26. The van der Waals surface area contributed by atoms with Crippen LogP contribution in [-0.2, 0) is 0 Å². The summed E-state index contributed by atoms with van der Waals surface area (Å²) in [6.07, 6.45) is 0. The Bertz CT molecular complexity index is 563. The number of hydrogen-bond acceptors (Lipinski definition) is 5. The van der Waals surface area contributed by atoms with E-state index >= 15 is 0 Å². The van der Waals surface area contributed by atoms with Crippen LogP contribution in [0.5, 0.6) is 5.75 Å². The van der Waals surface area contributed by atoms with Crippen LogP contribution in [0.2, 0.25) is 0 Å². The van der Waals surface area contributed by atoms with Gasteiger partial charge in [-0.1, -0.05) is 18.2 Å². The van der Waals surface area contributed by atoms with E-state index in [1.807, 2.05) is 18.2 Å². The van der Waals surface area contributed by atoms with Gasteiger partial charge < -0.3 is 20.4 Å². The maximum atomic E-state index is 10.8. The number of benzene rings is 1. The van der Waals surface area contributed by atoms with Gasteiger partial charge in [-0.3, -0.25) is 0 Å². The summed E-state index contributed by atoms with van der Waals surface area (Å²) in [6.45, 7) is 0. The molecule has 0 saturated heterocycles. The van der Waals surface area contributed by atoms with Crippen LogP contribution >= 0.6 is 11.3 Å². The summed E-state index contributed by atoms with van der Waals surface area (Å²) >= 11 is 1.06. The molecule has 2 aromatic rings. The van der Waals surface area contributed by atoms with Crippen LogP contribution in [0.15, 0.2) is 29.6 Å². The molecule has 2 rings (SSSR count). The van der Waals surface area contributed by atoms with Gasteiger partial charge in [0.25, 0.3) is 0 Å². The molecule has 1 aromatic carbocycles. The van der Waals surface area contributed by atoms with Gasteiger partial charge in [-0.25, -0.2) is 0 Å². The largest absolute Gasteiger partial charge is 0.544 e. The lowest BCUT2D eigenvalue weighted by Crippen LogP contribution is -2.22. The second kappa shape index (κ2) is 4.47.